The Morgan fingerprint density at radius 1 is 1.18 bits per heavy atom. The molecule has 0 saturated carbocycles. The quantitative estimate of drug-likeness (QED) is 0.787. The third-order valence-electron chi connectivity index (χ3n) is 4.04. The fraction of sp³-hybridized carbons (Fsp3) is 0.529. The number of Topliss-reactive ketones (excluding diaryl/α,β-unsaturated/α-hetero) is 1. The van der Waals surface area contributed by atoms with Gasteiger partial charge in [-0.15, -0.1) is 0 Å². The molecule has 0 spiro atoms. The lowest BCUT2D eigenvalue weighted by atomic mass is 9.90. The summed E-state index contributed by atoms with van der Waals surface area (Å²) in [6, 6.07) is 9.96. The number of amides is 1. The van der Waals surface area contributed by atoms with Gasteiger partial charge in [-0.25, -0.2) is 4.79 Å². The van der Waals surface area contributed by atoms with Gasteiger partial charge in [-0.05, 0) is 24.8 Å². The summed E-state index contributed by atoms with van der Waals surface area (Å²) in [7, 11) is 0. The number of carbonyl (C=O) groups excluding carboxylic acids is 1. The lowest BCUT2D eigenvalue weighted by Crippen LogP contribution is -2.39. The van der Waals surface area contributed by atoms with E-state index in [4.69, 9.17) is 9.84 Å². The predicted octanol–water partition coefficient (Wildman–Crippen LogP) is 2.94. The number of benzene rings is 1. The summed E-state index contributed by atoms with van der Waals surface area (Å²) in [5, 5.41) is 8.88. The highest BCUT2D eigenvalue weighted by Crippen LogP contribution is 2.20. The van der Waals surface area contributed by atoms with Crippen LogP contribution in [0, 0.1) is 5.92 Å². The summed E-state index contributed by atoms with van der Waals surface area (Å²) in [5.41, 5.74) is 1.13. The Morgan fingerprint density at radius 2 is 1.86 bits per heavy atom. The molecule has 1 fully saturated rings. The smallest absolute Gasteiger partial charge is 0.407 e. The van der Waals surface area contributed by atoms with Crippen LogP contribution in [0.15, 0.2) is 30.3 Å². The third kappa shape index (κ3) is 5.15. The predicted molar refractivity (Wildman–Crippen MR) is 82.7 cm³/mol. The SMILES string of the molecule is O=C(CCCOCc1ccccc1)C1CCN(C(=O)O)CC1. The van der Waals surface area contributed by atoms with E-state index in [1.807, 2.05) is 30.3 Å². The number of likely N-dealkylation sites (tertiary alicyclic amines) is 1. The molecule has 0 atom stereocenters. The van der Waals surface area contributed by atoms with Gasteiger partial charge in [0.25, 0.3) is 0 Å². The van der Waals surface area contributed by atoms with Crippen LogP contribution in [0.25, 0.3) is 0 Å². The zero-order chi connectivity index (χ0) is 15.8. The minimum Gasteiger partial charge on any atom is -0.465 e. The van der Waals surface area contributed by atoms with E-state index in [0.717, 1.165) is 12.0 Å². The molecule has 22 heavy (non-hydrogen) atoms. The normalized spacial score (nSPS) is 15.7. The molecule has 0 unspecified atom stereocenters. The molecule has 2 rings (SSSR count). The summed E-state index contributed by atoms with van der Waals surface area (Å²) < 4.78 is 5.57. The Kier molecular flexibility index (Phi) is 6.40. The molecule has 1 N–H and O–H groups in total. The second kappa shape index (κ2) is 8.54. The summed E-state index contributed by atoms with van der Waals surface area (Å²) in [4.78, 5) is 24.3. The van der Waals surface area contributed by atoms with Crippen molar-refractivity contribution in [2.45, 2.75) is 32.3 Å². The second-order valence-corrected chi connectivity index (χ2v) is 5.65. The Morgan fingerprint density at radius 3 is 2.50 bits per heavy atom. The Bertz CT molecular complexity index is 481. The standard InChI is InChI=1S/C17H23NO4/c19-16(15-8-10-18(11-9-15)17(20)21)7-4-12-22-13-14-5-2-1-3-6-14/h1-3,5-6,15H,4,7-13H2,(H,20,21). The van der Waals surface area contributed by atoms with E-state index in [2.05, 4.69) is 0 Å². The largest absolute Gasteiger partial charge is 0.465 e. The van der Waals surface area contributed by atoms with Gasteiger partial charge in [0.05, 0.1) is 6.61 Å². The van der Waals surface area contributed by atoms with Crippen LogP contribution in [-0.2, 0) is 16.1 Å². The first-order valence-corrected chi connectivity index (χ1v) is 7.79. The van der Waals surface area contributed by atoms with Crippen molar-refractivity contribution in [3.8, 4) is 0 Å². The molecule has 1 aromatic carbocycles. The summed E-state index contributed by atoms with van der Waals surface area (Å²) >= 11 is 0. The van der Waals surface area contributed by atoms with Crippen LogP contribution in [0.4, 0.5) is 4.79 Å². The highest BCUT2D eigenvalue weighted by Gasteiger charge is 2.26. The van der Waals surface area contributed by atoms with E-state index in [-0.39, 0.29) is 11.7 Å². The first-order valence-electron chi connectivity index (χ1n) is 7.79. The lowest BCUT2D eigenvalue weighted by Gasteiger charge is -2.29. The van der Waals surface area contributed by atoms with Gasteiger partial charge >= 0.3 is 6.09 Å². The van der Waals surface area contributed by atoms with Crippen molar-refractivity contribution in [3.63, 3.8) is 0 Å². The van der Waals surface area contributed by atoms with Crippen LogP contribution in [0.1, 0.15) is 31.2 Å². The number of rotatable bonds is 7. The van der Waals surface area contributed by atoms with Crippen molar-refractivity contribution in [2.75, 3.05) is 19.7 Å². The number of piperidine rings is 1. The number of ketones is 1. The van der Waals surface area contributed by atoms with Crippen LogP contribution in [-0.4, -0.2) is 41.6 Å². The van der Waals surface area contributed by atoms with Gasteiger partial charge in [0.1, 0.15) is 5.78 Å². The van der Waals surface area contributed by atoms with E-state index in [1.54, 1.807) is 0 Å². The third-order valence-corrected chi connectivity index (χ3v) is 4.04. The molecular formula is C17H23NO4. The number of ether oxygens (including phenoxy) is 1. The minimum atomic E-state index is -0.889. The van der Waals surface area contributed by atoms with Crippen LogP contribution in [0.2, 0.25) is 0 Å². The van der Waals surface area contributed by atoms with Gasteiger partial charge in [0.15, 0.2) is 0 Å². The first kappa shape index (κ1) is 16.5. The Hall–Kier alpha value is -1.88. The zero-order valence-corrected chi connectivity index (χ0v) is 12.7. The topological polar surface area (TPSA) is 66.8 Å². The maximum absolute atomic E-state index is 12.1. The van der Waals surface area contributed by atoms with E-state index >= 15 is 0 Å². The number of hydrogen-bond donors (Lipinski definition) is 1. The van der Waals surface area contributed by atoms with Crippen LogP contribution in [0.3, 0.4) is 0 Å². The van der Waals surface area contributed by atoms with Crippen molar-refractivity contribution >= 4 is 11.9 Å². The van der Waals surface area contributed by atoms with Crippen molar-refractivity contribution < 1.29 is 19.4 Å². The van der Waals surface area contributed by atoms with Gasteiger partial charge in [0.2, 0.25) is 0 Å². The molecule has 0 radical (unpaired) electrons. The molecule has 1 aliphatic rings. The molecule has 1 heterocycles. The monoisotopic (exact) mass is 305 g/mol. The summed E-state index contributed by atoms with van der Waals surface area (Å²) in [6.07, 6.45) is 1.66. The highest BCUT2D eigenvalue weighted by atomic mass is 16.5. The van der Waals surface area contributed by atoms with Crippen molar-refractivity contribution in [1.29, 1.82) is 0 Å². The van der Waals surface area contributed by atoms with E-state index in [0.29, 0.717) is 45.6 Å². The molecule has 0 aliphatic carbocycles. The first-order chi connectivity index (χ1) is 10.7. The maximum Gasteiger partial charge on any atom is 0.407 e. The lowest BCUT2D eigenvalue weighted by molar-refractivity contribution is -0.124. The maximum atomic E-state index is 12.1. The van der Waals surface area contributed by atoms with Crippen molar-refractivity contribution in [2.24, 2.45) is 5.92 Å². The average Bonchev–Trinajstić information content (AvgIpc) is 2.55. The summed E-state index contributed by atoms with van der Waals surface area (Å²) in [6.45, 7) is 2.09. The molecule has 120 valence electrons. The second-order valence-electron chi connectivity index (χ2n) is 5.65. The van der Waals surface area contributed by atoms with Gasteiger partial charge in [-0.2, -0.15) is 0 Å². The zero-order valence-electron chi connectivity index (χ0n) is 12.7. The van der Waals surface area contributed by atoms with E-state index < -0.39 is 6.09 Å². The van der Waals surface area contributed by atoms with E-state index in [9.17, 15) is 9.59 Å². The number of nitrogens with zero attached hydrogens (tertiary/aromatic N) is 1. The van der Waals surface area contributed by atoms with Crippen LogP contribution in [0.5, 0.6) is 0 Å². The minimum absolute atomic E-state index is 0.0183. The van der Waals surface area contributed by atoms with Crippen LogP contribution >= 0.6 is 0 Å². The van der Waals surface area contributed by atoms with E-state index in [1.165, 1.54) is 4.90 Å². The van der Waals surface area contributed by atoms with Crippen molar-refractivity contribution in [1.82, 2.24) is 4.90 Å². The number of carbonyl (C=O) groups is 2. The molecule has 1 amide bonds. The fourth-order valence-electron chi connectivity index (χ4n) is 2.71. The van der Waals surface area contributed by atoms with Crippen LogP contribution < -0.4 is 0 Å². The van der Waals surface area contributed by atoms with Gasteiger partial charge in [-0.1, -0.05) is 30.3 Å². The average molecular weight is 305 g/mol. The molecular weight excluding hydrogens is 282 g/mol. The molecule has 0 bridgehead atoms. The highest BCUT2D eigenvalue weighted by molar-refractivity contribution is 5.81. The van der Waals surface area contributed by atoms with Gasteiger partial charge in [0, 0.05) is 32.0 Å². The Balaban J connectivity index is 1.57. The molecule has 1 saturated heterocycles. The number of hydrogen-bond acceptors (Lipinski definition) is 3. The molecule has 0 aromatic heterocycles. The molecule has 1 aromatic rings. The fourth-order valence-corrected chi connectivity index (χ4v) is 2.71. The van der Waals surface area contributed by atoms with Gasteiger partial charge in [-0.3, -0.25) is 4.79 Å². The van der Waals surface area contributed by atoms with Gasteiger partial charge < -0.3 is 14.7 Å². The molecule has 5 nitrogen and oxygen atoms in total. The molecule has 5 heteroatoms. The summed E-state index contributed by atoms with van der Waals surface area (Å²) in [5.74, 6) is 0.262. The van der Waals surface area contributed by atoms with Crippen molar-refractivity contribution in [3.05, 3.63) is 35.9 Å². The number of carboxylic acid groups (broad SMARTS) is 1. The molecule has 1 aliphatic heterocycles. The Labute approximate surface area is 130 Å².